The minimum absolute atomic E-state index is 0.275. The lowest BCUT2D eigenvalue weighted by atomic mass is 10.1. The maximum absolute atomic E-state index is 12.5. The molecular formula is C20H17F3O5. The summed E-state index contributed by atoms with van der Waals surface area (Å²) >= 11 is 0. The van der Waals surface area contributed by atoms with Gasteiger partial charge in [0.1, 0.15) is 0 Å². The van der Waals surface area contributed by atoms with Crippen LogP contribution in [0, 0.1) is 0 Å². The molecule has 0 atom stereocenters. The molecule has 8 heteroatoms. The predicted molar refractivity (Wildman–Crippen MR) is 95.3 cm³/mol. The van der Waals surface area contributed by atoms with Crippen LogP contribution in [0.25, 0.3) is 6.08 Å². The molecule has 0 aliphatic carbocycles. The van der Waals surface area contributed by atoms with Gasteiger partial charge in [0.2, 0.25) is 0 Å². The first-order valence-electron chi connectivity index (χ1n) is 8.02. The number of hydrogen-bond donors (Lipinski definition) is 0. The molecule has 0 aliphatic heterocycles. The lowest BCUT2D eigenvalue weighted by Gasteiger charge is -2.09. The van der Waals surface area contributed by atoms with Gasteiger partial charge in [-0.1, -0.05) is 12.1 Å². The molecular weight excluding hydrogens is 377 g/mol. The van der Waals surface area contributed by atoms with Crippen LogP contribution in [0.4, 0.5) is 13.2 Å². The summed E-state index contributed by atoms with van der Waals surface area (Å²) in [6.07, 6.45) is -2.10. The Hall–Kier alpha value is -3.29. The Balaban J connectivity index is 1.93. The van der Waals surface area contributed by atoms with Crippen molar-refractivity contribution in [3.8, 4) is 11.5 Å². The maximum Gasteiger partial charge on any atom is 0.416 e. The first-order chi connectivity index (χ1) is 13.2. The van der Waals surface area contributed by atoms with Crippen molar-refractivity contribution in [3.05, 3.63) is 65.2 Å². The lowest BCUT2D eigenvalue weighted by Crippen LogP contribution is -2.12. The first kappa shape index (κ1) is 21.0. The Bertz CT molecular complexity index is 870. The molecule has 0 saturated carbocycles. The van der Waals surface area contributed by atoms with E-state index in [1.165, 1.54) is 44.6 Å². The fourth-order valence-electron chi connectivity index (χ4n) is 2.23. The summed E-state index contributed by atoms with van der Waals surface area (Å²) in [6.45, 7) is -0.494. The summed E-state index contributed by atoms with van der Waals surface area (Å²) in [5.74, 6) is -0.427. The number of ether oxygens (including phenoxy) is 3. The van der Waals surface area contributed by atoms with Crippen molar-refractivity contribution in [1.82, 2.24) is 0 Å². The Morgan fingerprint density at radius 2 is 1.61 bits per heavy atom. The van der Waals surface area contributed by atoms with Crippen LogP contribution in [0.1, 0.15) is 21.5 Å². The molecule has 0 N–H and O–H groups in total. The molecule has 0 bridgehead atoms. The van der Waals surface area contributed by atoms with Crippen molar-refractivity contribution in [3.63, 3.8) is 0 Å². The van der Waals surface area contributed by atoms with Crippen molar-refractivity contribution < 1.29 is 37.0 Å². The molecule has 5 nitrogen and oxygen atoms in total. The van der Waals surface area contributed by atoms with Gasteiger partial charge in [-0.15, -0.1) is 0 Å². The molecule has 0 aliphatic rings. The molecule has 148 valence electrons. The molecule has 0 fully saturated rings. The molecule has 0 spiro atoms. The second kappa shape index (κ2) is 9.07. The van der Waals surface area contributed by atoms with E-state index in [1.54, 1.807) is 6.07 Å². The molecule has 0 amide bonds. The van der Waals surface area contributed by atoms with E-state index in [4.69, 9.17) is 14.2 Å². The molecule has 2 aromatic rings. The standard InChI is InChI=1S/C20H17F3O5/c1-26-17-9-6-14(11-18(17)27-2)16(24)12-28-19(25)10-5-13-3-7-15(8-4-13)20(21,22)23/h3-11H,12H2,1-2H3/b10-5+. The van der Waals surface area contributed by atoms with E-state index in [-0.39, 0.29) is 5.56 Å². The van der Waals surface area contributed by atoms with E-state index < -0.39 is 30.1 Å². The number of carbonyl (C=O) groups is 2. The van der Waals surface area contributed by atoms with Gasteiger partial charge in [0, 0.05) is 11.6 Å². The van der Waals surface area contributed by atoms with Gasteiger partial charge in [-0.05, 0) is 42.0 Å². The van der Waals surface area contributed by atoms with Gasteiger partial charge < -0.3 is 14.2 Å². The van der Waals surface area contributed by atoms with E-state index in [9.17, 15) is 22.8 Å². The van der Waals surface area contributed by atoms with Crippen molar-refractivity contribution in [2.45, 2.75) is 6.18 Å². The number of rotatable bonds is 7. The topological polar surface area (TPSA) is 61.8 Å². The van der Waals surface area contributed by atoms with E-state index >= 15 is 0 Å². The minimum Gasteiger partial charge on any atom is -0.493 e. The summed E-state index contributed by atoms with van der Waals surface area (Å²) in [5.41, 5.74) is -0.124. The zero-order chi connectivity index (χ0) is 20.7. The smallest absolute Gasteiger partial charge is 0.416 e. The fraction of sp³-hybridized carbons (Fsp3) is 0.200. The first-order valence-corrected chi connectivity index (χ1v) is 8.02. The number of methoxy groups -OCH3 is 2. The van der Waals surface area contributed by atoms with Crippen molar-refractivity contribution in [1.29, 1.82) is 0 Å². The third kappa shape index (κ3) is 5.60. The van der Waals surface area contributed by atoms with Gasteiger partial charge in [0.25, 0.3) is 0 Å². The molecule has 0 heterocycles. The summed E-state index contributed by atoms with van der Waals surface area (Å²) in [5, 5.41) is 0. The van der Waals surface area contributed by atoms with Crippen LogP contribution in [0.2, 0.25) is 0 Å². The number of ketones is 1. The highest BCUT2D eigenvalue weighted by atomic mass is 19.4. The number of alkyl halides is 3. The Kier molecular flexibility index (Phi) is 6.81. The molecule has 2 aromatic carbocycles. The number of esters is 1. The molecule has 2 rings (SSSR count). The monoisotopic (exact) mass is 394 g/mol. The van der Waals surface area contributed by atoms with E-state index in [0.717, 1.165) is 18.2 Å². The number of hydrogen-bond acceptors (Lipinski definition) is 5. The van der Waals surface area contributed by atoms with E-state index in [1.807, 2.05) is 0 Å². The highest BCUT2D eigenvalue weighted by molar-refractivity contribution is 5.99. The molecule has 0 aromatic heterocycles. The summed E-state index contributed by atoms with van der Waals surface area (Å²) in [6, 6.07) is 8.79. The minimum atomic E-state index is -4.42. The number of halogens is 3. The summed E-state index contributed by atoms with van der Waals surface area (Å²) in [4.78, 5) is 23.8. The quantitative estimate of drug-likeness (QED) is 0.401. The zero-order valence-corrected chi connectivity index (χ0v) is 15.1. The Morgan fingerprint density at radius 3 is 2.18 bits per heavy atom. The van der Waals surface area contributed by atoms with Crippen LogP contribution in [0.5, 0.6) is 11.5 Å². The van der Waals surface area contributed by atoms with Crippen LogP contribution in [-0.4, -0.2) is 32.6 Å². The van der Waals surface area contributed by atoms with Crippen LogP contribution in [0.3, 0.4) is 0 Å². The molecule has 0 radical (unpaired) electrons. The van der Waals surface area contributed by atoms with Gasteiger partial charge in [-0.3, -0.25) is 4.79 Å². The van der Waals surface area contributed by atoms with Gasteiger partial charge in [-0.25, -0.2) is 4.79 Å². The van der Waals surface area contributed by atoms with Crippen molar-refractivity contribution in [2.24, 2.45) is 0 Å². The second-order valence-electron chi connectivity index (χ2n) is 5.55. The number of benzene rings is 2. The van der Waals surface area contributed by atoms with Gasteiger partial charge in [0.15, 0.2) is 23.9 Å². The lowest BCUT2D eigenvalue weighted by molar-refractivity contribution is -0.138. The van der Waals surface area contributed by atoms with Gasteiger partial charge >= 0.3 is 12.1 Å². The van der Waals surface area contributed by atoms with Gasteiger partial charge in [0.05, 0.1) is 19.8 Å². The molecule has 28 heavy (non-hydrogen) atoms. The predicted octanol–water partition coefficient (Wildman–Crippen LogP) is 4.16. The fourth-order valence-corrected chi connectivity index (χ4v) is 2.23. The van der Waals surface area contributed by atoms with Gasteiger partial charge in [-0.2, -0.15) is 13.2 Å². The average Bonchev–Trinajstić information content (AvgIpc) is 2.69. The maximum atomic E-state index is 12.5. The SMILES string of the molecule is COc1ccc(C(=O)COC(=O)/C=C/c2ccc(C(F)(F)F)cc2)cc1OC. The third-order valence-electron chi connectivity index (χ3n) is 3.70. The molecule has 0 unspecified atom stereocenters. The molecule has 0 saturated heterocycles. The number of Topliss-reactive ketones (excluding diaryl/α,β-unsaturated/α-hetero) is 1. The second-order valence-corrected chi connectivity index (χ2v) is 5.55. The van der Waals surface area contributed by atoms with E-state index in [0.29, 0.717) is 17.1 Å². The Labute approximate surface area is 159 Å². The van der Waals surface area contributed by atoms with Crippen LogP contribution in [-0.2, 0) is 15.7 Å². The summed E-state index contributed by atoms with van der Waals surface area (Å²) in [7, 11) is 2.89. The zero-order valence-electron chi connectivity index (χ0n) is 15.1. The van der Waals surface area contributed by atoms with Crippen molar-refractivity contribution in [2.75, 3.05) is 20.8 Å². The largest absolute Gasteiger partial charge is 0.493 e. The van der Waals surface area contributed by atoms with Crippen molar-refractivity contribution >= 4 is 17.8 Å². The van der Waals surface area contributed by atoms with Crippen LogP contribution < -0.4 is 9.47 Å². The average molecular weight is 394 g/mol. The normalized spacial score (nSPS) is 11.3. The van der Waals surface area contributed by atoms with E-state index in [2.05, 4.69) is 0 Å². The van der Waals surface area contributed by atoms with Crippen LogP contribution in [0.15, 0.2) is 48.5 Å². The highest BCUT2D eigenvalue weighted by Crippen LogP contribution is 2.29. The highest BCUT2D eigenvalue weighted by Gasteiger charge is 2.29. The number of carbonyl (C=O) groups excluding carboxylic acids is 2. The summed E-state index contributed by atoms with van der Waals surface area (Å²) < 4.78 is 52.5. The Morgan fingerprint density at radius 1 is 0.964 bits per heavy atom. The third-order valence-corrected chi connectivity index (χ3v) is 3.70. The van der Waals surface area contributed by atoms with Crippen LogP contribution >= 0.6 is 0 Å².